The van der Waals surface area contributed by atoms with Crippen LogP contribution in [0.25, 0.3) is 0 Å². The topological polar surface area (TPSA) is 39.7 Å². The molecule has 124 valence electrons. The van der Waals surface area contributed by atoms with Gasteiger partial charge >= 0.3 is 0 Å². The number of hydrogen-bond donors (Lipinski definition) is 2. The summed E-state index contributed by atoms with van der Waals surface area (Å²) in [4.78, 5) is 6.63. The smallest absolute Gasteiger partial charge is 0.191 e. The highest BCUT2D eigenvalue weighted by Gasteiger charge is 2.08. The van der Waals surface area contributed by atoms with Gasteiger partial charge in [-0.25, -0.2) is 0 Å². The Kier molecular flexibility index (Phi) is 8.60. The Labute approximate surface area is 136 Å². The highest BCUT2D eigenvalue weighted by molar-refractivity contribution is 5.79. The quantitative estimate of drug-likeness (QED) is 0.441. The van der Waals surface area contributed by atoms with Crippen LogP contribution in [0.1, 0.15) is 44.7 Å². The summed E-state index contributed by atoms with van der Waals surface area (Å²) in [7, 11) is 3.99. The lowest BCUT2D eigenvalue weighted by atomic mass is 10.1. The van der Waals surface area contributed by atoms with E-state index in [1.165, 1.54) is 17.5 Å². The molecule has 0 bridgehead atoms. The van der Waals surface area contributed by atoms with E-state index in [2.05, 4.69) is 72.6 Å². The lowest BCUT2D eigenvalue weighted by molar-refractivity contribution is 0.265. The SMILES string of the molecule is CCCCNC(=NC)NCc1ccccc1CN(C)C(C)C. The van der Waals surface area contributed by atoms with E-state index in [9.17, 15) is 0 Å². The molecule has 0 saturated heterocycles. The molecule has 0 heterocycles. The molecule has 0 spiro atoms. The van der Waals surface area contributed by atoms with Gasteiger partial charge in [-0.2, -0.15) is 0 Å². The maximum Gasteiger partial charge on any atom is 0.191 e. The Bertz CT molecular complexity index is 454. The van der Waals surface area contributed by atoms with Crippen LogP contribution in [0.15, 0.2) is 29.3 Å². The van der Waals surface area contributed by atoms with Gasteiger partial charge in [-0.1, -0.05) is 37.6 Å². The number of hydrogen-bond acceptors (Lipinski definition) is 2. The minimum atomic E-state index is 0.546. The van der Waals surface area contributed by atoms with Crippen molar-refractivity contribution >= 4 is 5.96 Å². The molecule has 0 radical (unpaired) electrons. The number of unbranched alkanes of at least 4 members (excludes halogenated alkanes) is 1. The number of nitrogens with one attached hydrogen (secondary N) is 2. The Morgan fingerprint density at radius 3 is 2.45 bits per heavy atom. The molecule has 1 rings (SSSR count). The third-order valence-corrected chi connectivity index (χ3v) is 3.91. The fourth-order valence-electron chi connectivity index (χ4n) is 2.12. The Morgan fingerprint density at radius 1 is 1.18 bits per heavy atom. The minimum Gasteiger partial charge on any atom is -0.356 e. The van der Waals surface area contributed by atoms with Crippen LogP contribution in [-0.2, 0) is 13.1 Å². The van der Waals surface area contributed by atoms with E-state index >= 15 is 0 Å². The van der Waals surface area contributed by atoms with Gasteiger partial charge in [0.25, 0.3) is 0 Å². The lowest BCUT2D eigenvalue weighted by Crippen LogP contribution is -2.37. The summed E-state index contributed by atoms with van der Waals surface area (Å²) in [5, 5.41) is 6.76. The zero-order valence-corrected chi connectivity index (χ0v) is 14.8. The van der Waals surface area contributed by atoms with Crippen molar-refractivity contribution in [3.63, 3.8) is 0 Å². The molecule has 0 aliphatic heterocycles. The molecule has 4 nitrogen and oxygen atoms in total. The maximum atomic E-state index is 4.28. The molecule has 1 aromatic rings. The van der Waals surface area contributed by atoms with Gasteiger partial charge in [-0.15, -0.1) is 0 Å². The molecule has 0 unspecified atom stereocenters. The molecule has 0 fully saturated rings. The van der Waals surface area contributed by atoms with Crippen LogP contribution in [0.4, 0.5) is 0 Å². The van der Waals surface area contributed by atoms with Crippen LogP contribution < -0.4 is 10.6 Å². The zero-order valence-electron chi connectivity index (χ0n) is 14.8. The van der Waals surface area contributed by atoms with Crippen LogP contribution in [0, 0.1) is 0 Å². The predicted octanol–water partition coefficient (Wildman–Crippen LogP) is 2.99. The van der Waals surface area contributed by atoms with Gasteiger partial charge in [-0.05, 0) is 38.4 Å². The molecule has 1 aromatic carbocycles. The van der Waals surface area contributed by atoms with E-state index < -0.39 is 0 Å². The number of rotatable bonds is 8. The molecule has 2 N–H and O–H groups in total. The number of aliphatic imine (C=N–C) groups is 1. The third-order valence-electron chi connectivity index (χ3n) is 3.91. The minimum absolute atomic E-state index is 0.546. The van der Waals surface area contributed by atoms with Gasteiger partial charge < -0.3 is 10.6 Å². The molecule has 4 heteroatoms. The summed E-state index contributed by atoms with van der Waals surface area (Å²) >= 11 is 0. The van der Waals surface area contributed by atoms with Crippen molar-refractivity contribution in [2.24, 2.45) is 4.99 Å². The van der Waals surface area contributed by atoms with Gasteiger partial charge in [-0.3, -0.25) is 9.89 Å². The summed E-state index contributed by atoms with van der Waals surface area (Å²) in [6.45, 7) is 9.37. The summed E-state index contributed by atoms with van der Waals surface area (Å²) in [6.07, 6.45) is 2.35. The van der Waals surface area contributed by atoms with Gasteiger partial charge in [0.2, 0.25) is 0 Å². The zero-order chi connectivity index (χ0) is 16.4. The molecule has 0 saturated carbocycles. The fraction of sp³-hybridized carbons (Fsp3) is 0.611. The van der Waals surface area contributed by atoms with Crippen molar-refractivity contribution in [3.8, 4) is 0 Å². The molecular formula is C18H32N4. The standard InChI is InChI=1S/C18H32N4/c1-6-7-12-20-18(19-4)21-13-16-10-8-9-11-17(16)14-22(5)15(2)3/h8-11,15H,6-7,12-14H2,1-5H3,(H2,19,20,21). The van der Waals surface area contributed by atoms with E-state index in [0.29, 0.717) is 6.04 Å². The van der Waals surface area contributed by atoms with Crippen molar-refractivity contribution in [1.82, 2.24) is 15.5 Å². The van der Waals surface area contributed by atoms with Crippen LogP contribution in [0.2, 0.25) is 0 Å². The van der Waals surface area contributed by atoms with Crippen LogP contribution in [0.5, 0.6) is 0 Å². The summed E-state index contributed by atoms with van der Waals surface area (Å²) in [6, 6.07) is 9.16. The number of benzene rings is 1. The Morgan fingerprint density at radius 2 is 1.86 bits per heavy atom. The van der Waals surface area contributed by atoms with Crippen LogP contribution >= 0.6 is 0 Å². The van der Waals surface area contributed by atoms with Gasteiger partial charge in [0, 0.05) is 32.7 Å². The van der Waals surface area contributed by atoms with Crippen molar-refractivity contribution in [3.05, 3.63) is 35.4 Å². The normalized spacial score (nSPS) is 12.0. The number of guanidine groups is 1. The summed E-state index contributed by atoms with van der Waals surface area (Å²) in [5.74, 6) is 0.875. The van der Waals surface area contributed by atoms with E-state index in [1.807, 2.05) is 7.05 Å². The Balaban J connectivity index is 2.61. The van der Waals surface area contributed by atoms with E-state index in [4.69, 9.17) is 0 Å². The monoisotopic (exact) mass is 304 g/mol. The first-order valence-electron chi connectivity index (χ1n) is 8.30. The van der Waals surface area contributed by atoms with E-state index in [1.54, 1.807) is 0 Å². The van der Waals surface area contributed by atoms with Crippen molar-refractivity contribution in [1.29, 1.82) is 0 Å². The van der Waals surface area contributed by atoms with E-state index in [-0.39, 0.29) is 0 Å². The van der Waals surface area contributed by atoms with Crippen molar-refractivity contribution < 1.29 is 0 Å². The first-order chi connectivity index (χ1) is 10.6. The highest BCUT2D eigenvalue weighted by atomic mass is 15.2. The highest BCUT2D eigenvalue weighted by Crippen LogP contribution is 2.12. The Hall–Kier alpha value is -1.55. The second kappa shape index (κ2) is 10.2. The molecule has 0 aromatic heterocycles. The molecule has 0 amide bonds. The summed E-state index contributed by atoms with van der Waals surface area (Å²) < 4.78 is 0. The van der Waals surface area contributed by atoms with Gasteiger partial charge in [0.15, 0.2) is 5.96 Å². The lowest BCUT2D eigenvalue weighted by Gasteiger charge is -2.23. The largest absolute Gasteiger partial charge is 0.356 e. The molecule has 0 aliphatic rings. The second-order valence-corrected chi connectivity index (χ2v) is 5.98. The predicted molar refractivity (Wildman–Crippen MR) is 96.2 cm³/mol. The van der Waals surface area contributed by atoms with E-state index in [0.717, 1.165) is 32.0 Å². The van der Waals surface area contributed by atoms with Gasteiger partial charge in [0.1, 0.15) is 0 Å². The van der Waals surface area contributed by atoms with Crippen molar-refractivity contribution in [2.45, 2.75) is 52.7 Å². The average Bonchev–Trinajstić information content (AvgIpc) is 2.51. The van der Waals surface area contributed by atoms with Crippen LogP contribution in [0.3, 0.4) is 0 Å². The molecular weight excluding hydrogens is 272 g/mol. The molecule has 0 aliphatic carbocycles. The number of nitrogens with zero attached hydrogens (tertiary/aromatic N) is 2. The maximum absolute atomic E-state index is 4.28. The van der Waals surface area contributed by atoms with Crippen LogP contribution in [-0.4, -0.2) is 37.5 Å². The molecule has 22 heavy (non-hydrogen) atoms. The van der Waals surface area contributed by atoms with Crippen molar-refractivity contribution in [2.75, 3.05) is 20.6 Å². The first kappa shape index (κ1) is 18.5. The van der Waals surface area contributed by atoms with Gasteiger partial charge in [0.05, 0.1) is 0 Å². The summed E-state index contributed by atoms with van der Waals surface area (Å²) in [5.41, 5.74) is 2.70. The average molecular weight is 304 g/mol. The first-order valence-corrected chi connectivity index (χ1v) is 8.30. The fourth-order valence-corrected chi connectivity index (χ4v) is 2.12. The molecule has 0 atom stereocenters. The third kappa shape index (κ3) is 6.48. The second-order valence-electron chi connectivity index (χ2n) is 5.98.